The molecule has 0 radical (unpaired) electrons. The van der Waals surface area contributed by atoms with Gasteiger partial charge in [-0.2, -0.15) is 0 Å². The van der Waals surface area contributed by atoms with Gasteiger partial charge in [0, 0.05) is 13.1 Å². The molecule has 0 saturated carbocycles. The molecule has 0 spiro atoms. The number of carbonyl (C=O) groups is 1. The molecule has 15 heavy (non-hydrogen) atoms. The van der Waals surface area contributed by atoms with Crippen LogP contribution >= 0.6 is 0 Å². The summed E-state index contributed by atoms with van der Waals surface area (Å²) in [6.45, 7) is 2.68. The van der Waals surface area contributed by atoms with Crippen LogP contribution in [-0.2, 0) is 14.3 Å². The summed E-state index contributed by atoms with van der Waals surface area (Å²) in [4.78, 5) is 12.7. The summed E-state index contributed by atoms with van der Waals surface area (Å²) in [5, 5.41) is 17.4. The fourth-order valence-corrected chi connectivity index (χ4v) is 1.48. The summed E-state index contributed by atoms with van der Waals surface area (Å²) in [7, 11) is 0. The molecule has 1 rings (SSSR count). The van der Waals surface area contributed by atoms with Crippen LogP contribution in [0, 0.1) is 0 Å². The second-order valence-corrected chi connectivity index (χ2v) is 3.30. The molecule has 0 bridgehead atoms. The van der Waals surface area contributed by atoms with Crippen molar-refractivity contribution < 1.29 is 24.5 Å². The summed E-state index contributed by atoms with van der Waals surface area (Å²) in [5.74, 6) is -0.864. The van der Waals surface area contributed by atoms with Crippen LogP contribution in [0.25, 0.3) is 0 Å². The Hall–Kier alpha value is -0.690. The minimum absolute atomic E-state index is 0.00846. The van der Waals surface area contributed by atoms with Crippen LogP contribution in [0.4, 0.5) is 0 Å². The van der Waals surface area contributed by atoms with Crippen molar-refractivity contribution in [3.8, 4) is 0 Å². The SMILES string of the molecule is O=C(O)C1COCCN1CCOCCO. The fourth-order valence-electron chi connectivity index (χ4n) is 1.48. The van der Waals surface area contributed by atoms with Gasteiger partial charge in [-0.1, -0.05) is 0 Å². The van der Waals surface area contributed by atoms with Gasteiger partial charge in [-0.25, -0.2) is 0 Å². The Kier molecular flexibility index (Phi) is 5.56. The number of ether oxygens (including phenoxy) is 2. The average molecular weight is 219 g/mol. The molecule has 1 atom stereocenters. The smallest absolute Gasteiger partial charge is 0.323 e. The van der Waals surface area contributed by atoms with Gasteiger partial charge in [0.05, 0.1) is 33.0 Å². The molecule has 1 heterocycles. The number of carboxylic acids is 1. The first-order chi connectivity index (χ1) is 7.25. The van der Waals surface area contributed by atoms with Gasteiger partial charge in [0.1, 0.15) is 6.04 Å². The van der Waals surface area contributed by atoms with Crippen molar-refractivity contribution in [3.63, 3.8) is 0 Å². The molecular formula is C9H17NO5. The van der Waals surface area contributed by atoms with Crippen LogP contribution in [-0.4, -0.2) is 73.2 Å². The predicted molar refractivity (Wildman–Crippen MR) is 51.7 cm³/mol. The topological polar surface area (TPSA) is 79.2 Å². The molecule has 1 aliphatic heterocycles. The number of morpholine rings is 1. The van der Waals surface area contributed by atoms with Crippen LogP contribution in [0.5, 0.6) is 0 Å². The van der Waals surface area contributed by atoms with E-state index in [1.807, 2.05) is 4.90 Å². The highest BCUT2D eigenvalue weighted by molar-refractivity contribution is 5.73. The molecule has 1 fully saturated rings. The quantitative estimate of drug-likeness (QED) is 0.545. The number of carboxylic acid groups (broad SMARTS) is 1. The lowest BCUT2D eigenvalue weighted by Gasteiger charge is -2.32. The third-order valence-corrected chi connectivity index (χ3v) is 2.28. The molecular weight excluding hydrogens is 202 g/mol. The standard InChI is InChI=1S/C9H17NO5/c11-3-6-14-4-1-10-2-5-15-7-8(10)9(12)13/h8,11H,1-7H2,(H,12,13). The molecule has 1 unspecified atom stereocenters. The summed E-state index contributed by atoms with van der Waals surface area (Å²) in [6.07, 6.45) is 0. The van der Waals surface area contributed by atoms with Crippen molar-refractivity contribution >= 4 is 5.97 Å². The molecule has 0 aromatic rings. The maximum Gasteiger partial charge on any atom is 0.323 e. The van der Waals surface area contributed by atoms with Gasteiger partial charge in [-0.15, -0.1) is 0 Å². The molecule has 2 N–H and O–H groups in total. The Bertz CT molecular complexity index is 199. The number of aliphatic hydroxyl groups excluding tert-OH is 1. The van der Waals surface area contributed by atoms with Crippen LogP contribution in [0.15, 0.2) is 0 Å². The number of hydrogen-bond donors (Lipinski definition) is 2. The zero-order chi connectivity index (χ0) is 11.1. The second kappa shape index (κ2) is 6.73. The van der Waals surface area contributed by atoms with Crippen molar-refractivity contribution in [1.29, 1.82) is 0 Å². The number of nitrogens with zero attached hydrogens (tertiary/aromatic N) is 1. The van der Waals surface area contributed by atoms with Crippen LogP contribution < -0.4 is 0 Å². The normalized spacial score (nSPS) is 22.9. The first-order valence-corrected chi connectivity index (χ1v) is 4.99. The highest BCUT2D eigenvalue weighted by Gasteiger charge is 2.28. The van der Waals surface area contributed by atoms with Gasteiger partial charge in [0.2, 0.25) is 0 Å². The Balaban J connectivity index is 2.26. The summed E-state index contributed by atoms with van der Waals surface area (Å²) >= 11 is 0. The number of aliphatic carboxylic acids is 1. The Labute approximate surface area is 88.4 Å². The van der Waals surface area contributed by atoms with Gasteiger partial charge in [-0.05, 0) is 0 Å². The van der Waals surface area contributed by atoms with Gasteiger partial charge in [-0.3, -0.25) is 9.69 Å². The van der Waals surface area contributed by atoms with E-state index in [1.165, 1.54) is 0 Å². The van der Waals surface area contributed by atoms with Crippen molar-refractivity contribution in [1.82, 2.24) is 4.90 Å². The molecule has 1 saturated heterocycles. The van der Waals surface area contributed by atoms with E-state index >= 15 is 0 Å². The summed E-state index contributed by atoms with van der Waals surface area (Å²) < 4.78 is 10.2. The molecule has 0 aromatic heterocycles. The first-order valence-electron chi connectivity index (χ1n) is 4.99. The highest BCUT2D eigenvalue weighted by atomic mass is 16.5. The van der Waals surface area contributed by atoms with E-state index in [-0.39, 0.29) is 13.2 Å². The van der Waals surface area contributed by atoms with Crippen molar-refractivity contribution in [2.75, 3.05) is 46.1 Å². The van der Waals surface area contributed by atoms with E-state index < -0.39 is 12.0 Å². The number of rotatable bonds is 6. The van der Waals surface area contributed by atoms with Gasteiger partial charge in [0.25, 0.3) is 0 Å². The van der Waals surface area contributed by atoms with E-state index in [0.29, 0.717) is 32.9 Å². The maximum absolute atomic E-state index is 10.9. The third-order valence-electron chi connectivity index (χ3n) is 2.28. The lowest BCUT2D eigenvalue weighted by Crippen LogP contribution is -2.50. The summed E-state index contributed by atoms with van der Waals surface area (Å²) in [6, 6.07) is -0.573. The predicted octanol–water partition coefficient (Wildman–Crippen LogP) is -1.22. The van der Waals surface area contributed by atoms with E-state index in [4.69, 9.17) is 19.7 Å². The third kappa shape index (κ3) is 4.13. The molecule has 1 aliphatic rings. The van der Waals surface area contributed by atoms with E-state index in [2.05, 4.69) is 0 Å². The monoisotopic (exact) mass is 219 g/mol. The number of hydrogen-bond acceptors (Lipinski definition) is 5. The van der Waals surface area contributed by atoms with Crippen molar-refractivity contribution in [2.24, 2.45) is 0 Å². The van der Waals surface area contributed by atoms with Gasteiger partial charge >= 0.3 is 5.97 Å². The highest BCUT2D eigenvalue weighted by Crippen LogP contribution is 2.06. The van der Waals surface area contributed by atoms with Crippen molar-refractivity contribution in [2.45, 2.75) is 6.04 Å². The average Bonchev–Trinajstić information content (AvgIpc) is 2.25. The zero-order valence-corrected chi connectivity index (χ0v) is 8.59. The lowest BCUT2D eigenvalue weighted by molar-refractivity contribution is -0.150. The van der Waals surface area contributed by atoms with Gasteiger partial charge in [0.15, 0.2) is 0 Å². The molecule has 6 heteroatoms. The minimum atomic E-state index is -0.864. The van der Waals surface area contributed by atoms with Crippen molar-refractivity contribution in [3.05, 3.63) is 0 Å². The Morgan fingerprint density at radius 2 is 2.33 bits per heavy atom. The molecule has 0 aromatic carbocycles. The maximum atomic E-state index is 10.9. The fraction of sp³-hybridized carbons (Fsp3) is 0.889. The lowest BCUT2D eigenvalue weighted by atomic mass is 10.2. The van der Waals surface area contributed by atoms with Crippen LogP contribution in [0.1, 0.15) is 0 Å². The molecule has 0 aliphatic carbocycles. The first kappa shape index (κ1) is 12.4. The van der Waals surface area contributed by atoms with Gasteiger partial charge < -0.3 is 19.7 Å². The second-order valence-electron chi connectivity index (χ2n) is 3.30. The zero-order valence-electron chi connectivity index (χ0n) is 8.59. The Morgan fingerprint density at radius 3 is 3.00 bits per heavy atom. The van der Waals surface area contributed by atoms with Crippen LogP contribution in [0.2, 0.25) is 0 Å². The minimum Gasteiger partial charge on any atom is -0.480 e. The van der Waals surface area contributed by atoms with E-state index in [1.54, 1.807) is 0 Å². The molecule has 0 amide bonds. The van der Waals surface area contributed by atoms with Crippen LogP contribution in [0.3, 0.4) is 0 Å². The van der Waals surface area contributed by atoms with E-state index in [0.717, 1.165) is 0 Å². The summed E-state index contributed by atoms with van der Waals surface area (Å²) in [5.41, 5.74) is 0. The van der Waals surface area contributed by atoms with E-state index in [9.17, 15) is 4.79 Å². The number of aliphatic hydroxyl groups is 1. The molecule has 88 valence electrons. The largest absolute Gasteiger partial charge is 0.480 e. The Morgan fingerprint density at radius 1 is 1.53 bits per heavy atom. The molecule has 6 nitrogen and oxygen atoms in total.